The highest BCUT2D eigenvalue weighted by Crippen LogP contribution is 2.38. The van der Waals surface area contributed by atoms with E-state index in [-0.39, 0.29) is 5.69 Å². The Bertz CT molecular complexity index is 364. The van der Waals surface area contributed by atoms with Gasteiger partial charge in [0.1, 0.15) is 0 Å². The first-order valence-electron chi connectivity index (χ1n) is 3.34. The number of hydrogen-bond donors (Lipinski definition) is 0. The van der Waals surface area contributed by atoms with Crippen molar-refractivity contribution in [2.45, 2.75) is 6.18 Å². The summed E-state index contributed by atoms with van der Waals surface area (Å²) in [5.41, 5.74) is -1.19. The summed E-state index contributed by atoms with van der Waals surface area (Å²) < 4.78 is 40.3. The van der Waals surface area contributed by atoms with Crippen LogP contribution in [0.25, 0.3) is 0 Å². The molecule has 14 heavy (non-hydrogen) atoms. The van der Waals surface area contributed by atoms with Crippen LogP contribution in [0.5, 0.6) is 0 Å². The fourth-order valence-electron chi connectivity index (χ4n) is 0.863. The van der Waals surface area contributed by atoms with Crippen molar-refractivity contribution in [2.24, 2.45) is 9.75 Å². The predicted molar refractivity (Wildman–Crippen MR) is 49.5 cm³/mol. The second kappa shape index (κ2) is 4.27. The monoisotopic (exact) mass is 286 g/mol. The number of benzene rings is 1. The van der Waals surface area contributed by atoms with Crippen LogP contribution < -0.4 is 0 Å². The zero-order chi connectivity index (χ0) is 10.8. The summed E-state index contributed by atoms with van der Waals surface area (Å²) in [6, 6.07) is 3.52. The van der Waals surface area contributed by atoms with Gasteiger partial charge in [0.05, 0.1) is 23.0 Å². The lowest BCUT2D eigenvalue weighted by Gasteiger charge is -2.08. The van der Waals surface area contributed by atoms with Crippen LogP contribution >= 0.6 is 27.7 Å². The van der Waals surface area contributed by atoms with E-state index in [1.807, 2.05) is 0 Å². The van der Waals surface area contributed by atoms with E-state index < -0.39 is 11.7 Å². The summed E-state index contributed by atoms with van der Waals surface area (Å²) >= 11 is 7.81. The van der Waals surface area contributed by atoms with E-state index in [2.05, 4.69) is 25.7 Å². The van der Waals surface area contributed by atoms with E-state index in [0.717, 1.165) is 6.07 Å². The maximum absolute atomic E-state index is 12.4. The van der Waals surface area contributed by atoms with E-state index in [1.165, 1.54) is 12.1 Å². The molecule has 0 aliphatic rings. The molecule has 1 aromatic carbocycles. The number of nitrogens with zero attached hydrogens (tertiary/aromatic N) is 2. The standard InChI is InChI=1S/C7H3BrClF3N2/c8-4-1-2-6(13-14-9)5(3-4)7(10,11)12/h1-3H/b14-13+. The van der Waals surface area contributed by atoms with Crippen molar-refractivity contribution in [1.29, 1.82) is 0 Å². The van der Waals surface area contributed by atoms with Gasteiger partial charge in [-0.15, -0.1) is 5.11 Å². The minimum atomic E-state index is -4.47. The van der Waals surface area contributed by atoms with E-state index in [0.29, 0.717) is 4.47 Å². The summed E-state index contributed by atoms with van der Waals surface area (Å²) in [7, 11) is 0. The normalized spacial score (nSPS) is 12.4. The average molecular weight is 287 g/mol. The average Bonchev–Trinajstić information content (AvgIpc) is 2.07. The highest BCUT2D eigenvalue weighted by atomic mass is 79.9. The molecule has 0 heterocycles. The minimum absolute atomic E-state index is 0.310. The molecule has 0 atom stereocenters. The van der Waals surface area contributed by atoms with Gasteiger partial charge in [-0.25, -0.2) is 0 Å². The van der Waals surface area contributed by atoms with Gasteiger partial charge in [0.15, 0.2) is 0 Å². The third kappa shape index (κ3) is 2.68. The topological polar surface area (TPSA) is 24.7 Å². The first kappa shape index (κ1) is 11.5. The van der Waals surface area contributed by atoms with E-state index >= 15 is 0 Å². The Morgan fingerprint density at radius 2 is 1.93 bits per heavy atom. The SMILES string of the molecule is FC(F)(F)c1cc(Br)ccc1/N=N/Cl. The molecule has 1 aromatic rings. The Balaban J connectivity index is 3.30. The summed E-state index contributed by atoms with van der Waals surface area (Å²) in [6.45, 7) is 0. The number of rotatable bonds is 1. The molecule has 0 spiro atoms. The van der Waals surface area contributed by atoms with Gasteiger partial charge in [0.25, 0.3) is 0 Å². The fraction of sp³-hybridized carbons (Fsp3) is 0.143. The quantitative estimate of drug-likeness (QED) is 0.669. The van der Waals surface area contributed by atoms with E-state index in [4.69, 9.17) is 11.8 Å². The molecule has 76 valence electrons. The van der Waals surface area contributed by atoms with Crippen LogP contribution in [0, 0.1) is 0 Å². The molecule has 0 unspecified atom stereocenters. The first-order chi connectivity index (χ1) is 6.45. The molecule has 0 saturated carbocycles. The lowest BCUT2D eigenvalue weighted by molar-refractivity contribution is -0.137. The van der Waals surface area contributed by atoms with Crippen LogP contribution in [0.1, 0.15) is 5.56 Å². The maximum atomic E-state index is 12.4. The van der Waals surface area contributed by atoms with Gasteiger partial charge >= 0.3 is 6.18 Å². The molecule has 0 saturated heterocycles. The summed E-state index contributed by atoms with van der Waals surface area (Å²) in [6.07, 6.45) is -4.47. The lowest BCUT2D eigenvalue weighted by atomic mass is 10.2. The number of alkyl halides is 3. The third-order valence-corrected chi connectivity index (χ3v) is 1.98. The summed E-state index contributed by atoms with van der Waals surface area (Å²) in [5.74, 6) is 0. The summed E-state index contributed by atoms with van der Waals surface area (Å²) in [5, 5.41) is 3.16. The molecule has 2 nitrogen and oxygen atoms in total. The molecule has 7 heteroatoms. The zero-order valence-electron chi connectivity index (χ0n) is 6.52. The summed E-state index contributed by atoms with van der Waals surface area (Å²) in [4.78, 5) is 0. The molecule has 0 amide bonds. The van der Waals surface area contributed by atoms with E-state index in [9.17, 15) is 13.2 Å². The van der Waals surface area contributed by atoms with Crippen molar-refractivity contribution in [2.75, 3.05) is 0 Å². The molecule has 0 aliphatic heterocycles. The Labute approximate surface area is 91.0 Å². The molecule has 0 N–H and O–H groups in total. The molecular weight excluding hydrogens is 284 g/mol. The van der Waals surface area contributed by atoms with E-state index in [1.54, 1.807) is 0 Å². The van der Waals surface area contributed by atoms with Crippen molar-refractivity contribution in [3.63, 3.8) is 0 Å². The van der Waals surface area contributed by atoms with Gasteiger partial charge in [0, 0.05) is 4.47 Å². The molecule has 0 bridgehead atoms. The smallest absolute Gasteiger partial charge is 0.166 e. The van der Waals surface area contributed by atoms with Gasteiger partial charge in [-0.3, -0.25) is 0 Å². The van der Waals surface area contributed by atoms with Gasteiger partial charge in [0.2, 0.25) is 0 Å². The maximum Gasteiger partial charge on any atom is 0.418 e. The minimum Gasteiger partial charge on any atom is -0.166 e. The fourth-order valence-corrected chi connectivity index (χ4v) is 1.31. The van der Waals surface area contributed by atoms with Crippen LogP contribution in [0.2, 0.25) is 0 Å². The third-order valence-electron chi connectivity index (χ3n) is 1.41. The van der Waals surface area contributed by atoms with Gasteiger partial charge in [-0.1, -0.05) is 20.6 Å². The molecule has 0 radical (unpaired) electrons. The Morgan fingerprint density at radius 3 is 2.43 bits per heavy atom. The molecule has 1 rings (SSSR count). The lowest BCUT2D eigenvalue weighted by Crippen LogP contribution is -2.04. The van der Waals surface area contributed by atoms with Crippen molar-refractivity contribution in [1.82, 2.24) is 0 Å². The second-order valence-electron chi connectivity index (χ2n) is 2.33. The first-order valence-corrected chi connectivity index (χ1v) is 4.47. The van der Waals surface area contributed by atoms with Crippen molar-refractivity contribution >= 4 is 33.4 Å². The molecule has 0 aromatic heterocycles. The van der Waals surface area contributed by atoms with Crippen LogP contribution in [0.4, 0.5) is 18.9 Å². The Morgan fingerprint density at radius 1 is 1.29 bits per heavy atom. The Kier molecular flexibility index (Phi) is 3.49. The largest absolute Gasteiger partial charge is 0.418 e. The highest BCUT2D eigenvalue weighted by molar-refractivity contribution is 9.10. The predicted octanol–water partition coefficient (Wildman–Crippen LogP) is 4.71. The van der Waals surface area contributed by atoms with Crippen molar-refractivity contribution in [3.05, 3.63) is 28.2 Å². The molecule has 0 aliphatic carbocycles. The van der Waals surface area contributed by atoms with Gasteiger partial charge in [-0.2, -0.15) is 13.2 Å². The highest BCUT2D eigenvalue weighted by Gasteiger charge is 2.33. The van der Waals surface area contributed by atoms with Gasteiger partial charge in [-0.05, 0) is 18.2 Å². The van der Waals surface area contributed by atoms with Gasteiger partial charge < -0.3 is 0 Å². The van der Waals surface area contributed by atoms with Crippen molar-refractivity contribution < 1.29 is 13.2 Å². The van der Waals surface area contributed by atoms with Crippen molar-refractivity contribution in [3.8, 4) is 0 Å². The number of halogens is 5. The molecule has 0 fully saturated rings. The zero-order valence-corrected chi connectivity index (χ0v) is 8.86. The second-order valence-corrected chi connectivity index (χ2v) is 3.40. The molecular formula is C7H3BrClF3N2. The Hall–Kier alpha value is -0.620. The van der Waals surface area contributed by atoms with Crippen LogP contribution in [0.3, 0.4) is 0 Å². The number of hydrogen-bond acceptors (Lipinski definition) is 2. The van der Waals surface area contributed by atoms with Crippen LogP contribution in [-0.4, -0.2) is 0 Å². The van der Waals surface area contributed by atoms with Crippen LogP contribution in [0.15, 0.2) is 32.4 Å². The van der Waals surface area contributed by atoms with Crippen LogP contribution in [-0.2, 0) is 6.18 Å².